The van der Waals surface area contributed by atoms with Crippen LogP contribution in [0.4, 0.5) is 5.69 Å². The number of carboxylic acids is 2. The van der Waals surface area contributed by atoms with Crippen molar-refractivity contribution in [3.63, 3.8) is 0 Å². The van der Waals surface area contributed by atoms with Crippen molar-refractivity contribution in [1.82, 2.24) is 4.98 Å². The molecule has 0 aliphatic heterocycles. The standard InChI is InChI=1S/C8H5ClN2O6/c9-4-2-1-3(11(16)17)6(10-4)5(7(12)13)8(14)15/h1-2,5H,(H,12,13)(H,14,15). The maximum absolute atomic E-state index is 10.7. The van der Waals surface area contributed by atoms with Crippen LogP contribution in [0, 0.1) is 10.1 Å². The zero-order valence-corrected chi connectivity index (χ0v) is 8.79. The van der Waals surface area contributed by atoms with E-state index in [1.165, 1.54) is 0 Å². The quantitative estimate of drug-likeness (QED) is 0.356. The largest absolute Gasteiger partial charge is 0.480 e. The topological polar surface area (TPSA) is 131 Å². The molecular weight excluding hydrogens is 256 g/mol. The normalized spacial score (nSPS) is 10.2. The molecule has 0 bridgehead atoms. The lowest BCUT2D eigenvalue weighted by molar-refractivity contribution is -0.386. The molecule has 0 aliphatic carbocycles. The molecule has 9 heteroatoms. The molecular formula is C8H5ClN2O6. The Labute approximate surface area is 98.6 Å². The Balaban J connectivity index is 3.45. The predicted molar refractivity (Wildman–Crippen MR) is 53.9 cm³/mol. The Kier molecular flexibility index (Phi) is 3.59. The van der Waals surface area contributed by atoms with Crippen molar-refractivity contribution in [2.45, 2.75) is 5.92 Å². The van der Waals surface area contributed by atoms with Crippen molar-refractivity contribution < 1.29 is 24.7 Å². The Morgan fingerprint density at radius 3 is 2.29 bits per heavy atom. The van der Waals surface area contributed by atoms with E-state index < -0.39 is 34.2 Å². The monoisotopic (exact) mass is 260 g/mol. The van der Waals surface area contributed by atoms with Crippen LogP contribution in [0.3, 0.4) is 0 Å². The zero-order chi connectivity index (χ0) is 13.2. The van der Waals surface area contributed by atoms with Gasteiger partial charge < -0.3 is 10.2 Å². The van der Waals surface area contributed by atoms with Gasteiger partial charge in [-0.05, 0) is 6.07 Å². The van der Waals surface area contributed by atoms with Gasteiger partial charge in [0.1, 0.15) is 10.8 Å². The lowest BCUT2D eigenvalue weighted by Crippen LogP contribution is -2.23. The molecule has 8 nitrogen and oxygen atoms in total. The Morgan fingerprint density at radius 2 is 1.88 bits per heavy atom. The molecule has 0 radical (unpaired) electrons. The van der Waals surface area contributed by atoms with Crippen LogP contribution in [-0.2, 0) is 9.59 Å². The highest BCUT2D eigenvalue weighted by Crippen LogP contribution is 2.27. The Morgan fingerprint density at radius 1 is 1.35 bits per heavy atom. The highest BCUT2D eigenvalue weighted by Gasteiger charge is 2.35. The van der Waals surface area contributed by atoms with Gasteiger partial charge in [-0.1, -0.05) is 11.6 Å². The minimum absolute atomic E-state index is 0.224. The number of carbonyl (C=O) groups is 2. The molecule has 0 aromatic carbocycles. The molecule has 0 saturated carbocycles. The average Bonchev–Trinajstić information content (AvgIpc) is 2.15. The number of halogens is 1. The molecule has 0 spiro atoms. The molecule has 0 unspecified atom stereocenters. The number of nitrogens with zero attached hydrogens (tertiary/aromatic N) is 2. The predicted octanol–water partition coefficient (Wildman–Crippen LogP) is 0.896. The van der Waals surface area contributed by atoms with Gasteiger partial charge in [-0.2, -0.15) is 0 Å². The van der Waals surface area contributed by atoms with Crippen LogP contribution in [0.15, 0.2) is 12.1 Å². The van der Waals surface area contributed by atoms with Gasteiger partial charge in [0.2, 0.25) is 5.92 Å². The van der Waals surface area contributed by atoms with Crippen LogP contribution < -0.4 is 0 Å². The number of rotatable bonds is 4. The second kappa shape index (κ2) is 4.74. The SMILES string of the molecule is O=C(O)C(C(=O)O)c1nc(Cl)ccc1[N+](=O)[O-]. The molecule has 0 atom stereocenters. The molecule has 1 heterocycles. The van der Waals surface area contributed by atoms with E-state index in [-0.39, 0.29) is 5.15 Å². The number of hydrogen-bond donors (Lipinski definition) is 2. The van der Waals surface area contributed by atoms with Crippen molar-refractivity contribution in [1.29, 1.82) is 0 Å². The van der Waals surface area contributed by atoms with Crippen LogP contribution in [0.1, 0.15) is 11.6 Å². The van der Waals surface area contributed by atoms with E-state index in [1.54, 1.807) is 0 Å². The molecule has 1 aromatic heterocycles. The highest BCUT2D eigenvalue weighted by atomic mass is 35.5. The molecule has 0 saturated heterocycles. The van der Waals surface area contributed by atoms with E-state index in [9.17, 15) is 19.7 Å². The molecule has 0 amide bonds. The zero-order valence-electron chi connectivity index (χ0n) is 8.03. The van der Waals surface area contributed by atoms with Crippen molar-refractivity contribution in [2.24, 2.45) is 0 Å². The summed E-state index contributed by atoms with van der Waals surface area (Å²) >= 11 is 5.46. The van der Waals surface area contributed by atoms with Crippen LogP contribution in [0.2, 0.25) is 5.15 Å². The first-order valence-corrected chi connectivity index (χ1v) is 4.49. The van der Waals surface area contributed by atoms with E-state index >= 15 is 0 Å². The highest BCUT2D eigenvalue weighted by molar-refractivity contribution is 6.29. The second-order valence-electron chi connectivity index (χ2n) is 2.90. The molecule has 1 aromatic rings. The van der Waals surface area contributed by atoms with E-state index in [2.05, 4.69) is 4.98 Å². The van der Waals surface area contributed by atoms with Crippen molar-refractivity contribution in [2.75, 3.05) is 0 Å². The van der Waals surface area contributed by atoms with Crippen LogP contribution in [0.5, 0.6) is 0 Å². The summed E-state index contributed by atoms with van der Waals surface area (Å²) in [6.45, 7) is 0. The van der Waals surface area contributed by atoms with Gasteiger partial charge in [0.05, 0.1) is 4.92 Å². The average molecular weight is 261 g/mol. The second-order valence-corrected chi connectivity index (χ2v) is 3.29. The summed E-state index contributed by atoms with van der Waals surface area (Å²) in [5.74, 6) is -5.64. The van der Waals surface area contributed by atoms with Crippen LogP contribution in [-0.4, -0.2) is 32.1 Å². The lowest BCUT2D eigenvalue weighted by Gasteiger charge is -2.07. The molecule has 2 N–H and O–H groups in total. The third-order valence-corrected chi connectivity index (χ3v) is 2.04. The van der Waals surface area contributed by atoms with Gasteiger partial charge in [0, 0.05) is 6.07 Å². The summed E-state index contributed by atoms with van der Waals surface area (Å²) < 4.78 is 0. The Hall–Kier alpha value is -2.22. The van der Waals surface area contributed by atoms with E-state index in [0.29, 0.717) is 0 Å². The summed E-state index contributed by atoms with van der Waals surface area (Å²) in [7, 11) is 0. The summed E-state index contributed by atoms with van der Waals surface area (Å²) in [6.07, 6.45) is 0. The number of aromatic nitrogens is 1. The number of carboxylic acid groups (broad SMARTS) is 2. The van der Waals surface area contributed by atoms with Crippen molar-refractivity contribution in [3.05, 3.63) is 33.1 Å². The maximum Gasteiger partial charge on any atom is 0.324 e. The number of nitro groups is 1. The van der Waals surface area contributed by atoms with Crippen molar-refractivity contribution >= 4 is 29.2 Å². The smallest absolute Gasteiger partial charge is 0.324 e. The fourth-order valence-corrected chi connectivity index (χ4v) is 1.30. The molecule has 0 aliphatic rings. The first-order chi connectivity index (χ1) is 7.84. The minimum atomic E-state index is -2.13. The molecule has 17 heavy (non-hydrogen) atoms. The lowest BCUT2D eigenvalue weighted by atomic mass is 10.0. The number of pyridine rings is 1. The summed E-state index contributed by atoms with van der Waals surface area (Å²) in [6, 6.07) is 1.98. The van der Waals surface area contributed by atoms with Gasteiger partial charge in [0.25, 0.3) is 5.69 Å². The van der Waals surface area contributed by atoms with Crippen molar-refractivity contribution in [3.8, 4) is 0 Å². The van der Waals surface area contributed by atoms with E-state index in [1.807, 2.05) is 0 Å². The van der Waals surface area contributed by atoms with E-state index in [0.717, 1.165) is 12.1 Å². The Bertz CT molecular complexity index is 489. The molecule has 1 rings (SSSR count). The van der Waals surface area contributed by atoms with Crippen LogP contribution in [0.25, 0.3) is 0 Å². The third-order valence-electron chi connectivity index (χ3n) is 1.83. The maximum atomic E-state index is 10.7. The number of hydrogen-bond acceptors (Lipinski definition) is 5. The third kappa shape index (κ3) is 2.67. The minimum Gasteiger partial charge on any atom is -0.480 e. The van der Waals surface area contributed by atoms with Gasteiger partial charge in [-0.15, -0.1) is 0 Å². The van der Waals surface area contributed by atoms with Gasteiger partial charge in [0.15, 0.2) is 0 Å². The summed E-state index contributed by atoms with van der Waals surface area (Å²) in [4.78, 5) is 34.6. The number of aliphatic carboxylic acids is 2. The van der Waals surface area contributed by atoms with Gasteiger partial charge in [-0.3, -0.25) is 19.7 Å². The summed E-state index contributed by atoms with van der Waals surface area (Å²) in [5, 5.41) is 27.8. The first-order valence-electron chi connectivity index (χ1n) is 4.11. The van der Waals surface area contributed by atoms with Gasteiger partial charge in [-0.25, -0.2) is 4.98 Å². The molecule has 0 fully saturated rings. The van der Waals surface area contributed by atoms with E-state index in [4.69, 9.17) is 21.8 Å². The van der Waals surface area contributed by atoms with Crippen LogP contribution >= 0.6 is 11.6 Å². The fourth-order valence-electron chi connectivity index (χ4n) is 1.15. The van der Waals surface area contributed by atoms with Gasteiger partial charge >= 0.3 is 11.9 Å². The first kappa shape index (κ1) is 12.8. The summed E-state index contributed by atoms with van der Waals surface area (Å²) in [5.41, 5.74) is -1.41. The molecule has 90 valence electrons. The fraction of sp³-hybridized carbons (Fsp3) is 0.125.